The number of benzene rings is 6. The van der Waals surface area contributed by atoms with Crippen LogP contribution < -0.4 is 0 Å². The van der Waals surface area contributed by atoms with Crippen LogP contribution in [-0.2, 0) is 6.67 Å². The molecule has 0 amide bonds. The average Bonchev–Trinajstić information content (AvgIpc) is 3.65. The van der Waals surface area contributed by atoms with E-state index >= 15 is 0 Å². The first-order valence-corrected chi connectivity index (χ1v) is 15.3. The van der Waals surface area contributed by atoms with Gasteiger partial charge in [0.1, 0.15) is 23.7 Å². The van der Waals surface area contributed by atoms with Crippen LogP contribution in [-0.4, -0.2) is 23.0 Å². The van der Waals surface area contributed by atoms with Crippen molar-refractivity contribution in [2.24, 2.45) is 15.0 Å². The minimum absolute atomic E-state index is 0.401. The third-order valence-corrected chi connectivity index (χ3v) is 8.59. The van der Waals surface area contributed by atoms with Crippen molar-refractivity contribution < 1.29 is 4.42 Å². The maximum Gasteiger partial charge on any atom is 0.158 e. The van der Waals surface area contributed by atoms with Gasteiger partial charge in [0.15, 0.2) is 5.84 Å². The number of aromatic nitrogens is 1. The molecule has 0 saturated carbocycles. The van der Waals surface area contributed by atoms with E-state index in [0.717, 1.165) is 55.2 Å². The summed E-state index contributed by atoms with van der Waals surface area (Å²) in [5, 5.41) is 4.62. The highest BCUT2D eigenvalue weighted by Crippen LogP contribution is 2.36. The van der Waals surface area contributed by atoms with E-state index in [4.69, 9.17) is 14.4 Å². The van der Waals surface area contributed by atoms with E-state index < -0.39 is 0 Å². The molecule has 220 valence electrons. The smallest absolute Gasteiger partial charge is 0.158 e. The Kier molecular flexibility index (Phi) is 6.84. The number of amidine groups is 2. The molecule has 8 aromatic rings. The number of rotatable bonds is 5. The Labute approximate surface area is 266 Å². The first kappa shape index (κ1) is 27.5. The normalized spacial score (nSPS) is 12.5. The molecule has 2 aromatic heterocycles. The number of aliphatic imine (C=N–C) groups is 3. The van der Waals surface area contributed by atoms with E-state index in [9.17, 15) is 0 Å². The van der Waals surface area contributed by atoms with Gasteiger partial charge in [0, 0.05) is 27.1 Å². The minimum atomic E-state index is 0.401. The van der Waals surface area contributed by atoms with Gasteiger partial charge in [0.25, 0.3) is 0 Å². The van der Waals surface area contributed by atoms with Crippen LogP contribution in [0.5, 0.6) is 0 Å². The SMILES string of the molecule is C=NC(C)=NC(=NCn1c2ccccc2c2cc(-c3ccc4c(c3)oc3ccccc34)ccc21)c1ccc(-c2ccccc2)cc1. The fraction of sp³-hybridized carbons (Fsp3) is 0.0488. The molecule has 0 aliphatic carbocycles. The Morgan fingerprint density at radius 2 is 1.22 bits per heavy atom. The van der Waals surface area contributed by atoms with Crippen LogP contribution in [0, 0.1) is 0 Å². The molecule has 8 rings (SSSR count). The van der Waals surface area contributed by atoms with E-state index in [-0.39, 0.29) is 0 Å². The number of nitrogens with zero attached hydrogens (tertiary/aromatic N) is 4. The summed E-state index contributed by atoms with van der Waals surface area (Å²) >= 11 is 0. The predicted molar refractivity (Wildman–Crippen MR) is 193 cm³/mol. The van der Waals surface area contributed by atoms with Gasteiger partial charge >= 0.3 is 0 Å². The van der Waals surface area contributed by atoms with Crippen molar-refractivity contribution in [2.75, 3.05) is 0 Å². The molecule has 0 aliphatic heterocycles. The highest BCUT2D eigenvalue weighted by molar-refractivity contribution is 6.11. The predicted octanol–water partition coefficient (Wildman–Crippen LogP) is 10.6. The van der Waals surface area contributed by atoms with Crippen LogP contribution in [0.1, 0.15) is 12.5 Å². The maximum atomic E-state index is 6.19. The van der Waals surface area contributed by atoms with Gasteiger partial charge in [-0.05, 0) is 72.3 Å². The first-order chi connectivity index (χ1) is 22.7. The van der Waals surface area contributed by atoms with Crippen molar-refractivity contribution in [1.82, 2.24) is 4.57 Å². The number of hydrogen-bond donors (Lipinski definition) is 0. The molecule has 5 nitrogen and oxygen atoms in total. The second kappa shape index (κ2) is 11.5. The van der Waals surface area contributed by atoms with Crippen molar-refractivity contribution in [3.63, 3.8) is 0 Å². The van der Waals surface area contributed by atoms with Gasteiger partial charge in [0.05, 0.1) is 11.0 Å². The highest BCUT2D eigenvalue weighted by Gasteiger charge is 2.14. The molecular weight excluding hydrogens is 564 g/mol. The van der Waals surface area contributed by atoms with Gasteiger partial charge in [-0.2, -0.15) is 0 Å². The van der Waals surface area contributed by atoms with Crippen LogP contribution in [0.4, 0.5) is 0 Å². The van der Waals surface area contributed by atoms with E-state index in [2.05, 4.69) is 119 Å². The van der Waals surface area contributed by atoms with Crippen LogP contribution in [0.2, 0.25) is 0 Å². The van der Waals surface area contributed by atoms with Crippen molar-refractivity contribution in [3.05, 3.63) is 145 Å². The molecule has 0 atom stereocenters. The molecular formula is C41H30N4O. The molecule has 0 aliphatic rings. The highest BCUT2D eigenvalue weighted by atomic mass is 16.3. The minimum Gasteiger partial charge on any atom is -0.456 e. The van der Waals surface area contributed by atoms with Gasteiger partial charge in [-0.25, -0.2) is 15.0 Å². The zero-order chi connectivity index (χ0) is 31.0. The molecule has 0 N–H and O–H groups in total. The molecule has 0 bridgehead atoms. The Hall–Kier alpha value is -6.07. The Bertz CT molecular complexity index is 2460. The van der Waals surface area contributed by atoms with E-state index in [1.807, 2.05) is 43.3 Å². The van der Waals surface area contributed by atoms with Gasteiger partial charge in [-0.3, -0.25) is 0 Å². The summed E-state index contributed by atoms with van der Waals surface area (Å²) in [5.41, 5.74) is 9.52. The second-order valence-corrected chi connectivity index (χ2v) is 11.4. The molecule has 46 heavy (non-hydrogen) atoms. The number of furan rings is 1. The zero-order valence-corrected chi connectivity index (χ0v) is 25.4. The first-order valence-electron chi connectivity index (χ1n) is 15.3. The summed E-state index contributed by atoms with van der Waals surface area (Å²) in [7, 11) is 0. The van der Waals surface area contributed by atoms with Crippen molar-refractivity contribution in [1.29, 1.82) is 0 Å². The van der Waals surface area contributed by atoms with Gasteiger partial charge in [0.2, 0.25) is 0 Å². The molecule has 5 heteroatoms. The lowest BCUT2D eigenvalue weighted by molar-refractivity contribution is 0.669. The number of fused-ring (bicyclic) bond motifs is 6. The van der Waals surface area contributed by atoms with E-state index in [0.29, 0.717) is 18.3 Å². The van der Waals surface area contributed by atoms with Crippen molar-refractivity contribution >= 4 is 62.1 Å². The number of para-hydroxylation sites is 2. The Balaban J connectivity index is 1.19. The third-order valence-electron chi connectivity index (χ3n) is 8.59. The molecule has 0 radical (unpaired) electrons. The summed E-state index contributed by atoms with van der Waals surface area (Å²) in [6, 6.07) is 48.5. The Morgan fingerprint density at radius 1 is 0.587 bits per heavy atom. The summed E-state index contributed by atoms with van der Waals surface area (Å²) < 4.78 is 8.44. The summed E-state index contributed by atoms with van der Waals surface area (Å²) in [4.78, 5) is 13.8. The largest absolute Gasteiger partial charge is 0.456 e. The number of hydrogen-bond acceptors (Lipinski definition) is 2. The molecule has 6 aromatic carbocycles. The van der Waals surface area contributed by atoms with E-state index in [1.54, 1.807) is 0 Å². The molecule has 2 heterocycles. The fourth-order valence-corrected chi connectivity index (χ4v) is 6.25. The maximum absolute atomic E-state index is 6.19. The monoisotopic (exact) mass is 594 g/mol. The van der Waals surface area contributed by atoms with Crippen LogP contribution in [0.15, 0.2) is 159 Å². The topological polar surface area (TPSA) is 55.1 Å². The van der Waals surface area contributed by atoms with Gasteiger partial charge < -0.3 is 8.98 Å². The van der Waals surface area contributed by atoms with Crippen LogP contribution in [0.25, 0.3) is 66.0 Å². The second-order valence-electron chi connectivity index (χ2n) is 11.4. The third kappa shape index (κ3) is 4.88. The lowest BCUT2D eigenvalue weighted by Gasteiger charge is -2.08. The summed E-state index contributed by atoms with van der Waals surface area (Å²) in [5.74, 6) is 1.19. The molecule has 0 spiro atoms. The zero-order valence-electron chi connectivity index (χ0n) is 25.4. The van der Waals surface area contributed by atoms with Crippen molar-refractivity contribution in [3.8, 4) is 22.3 Å². The average molecular weight is 595 g/mol. The summed E-state index contributed by atoms with van der Waals surface area (Å²) in [6.07, 6.45) is 0. The molecule has 0 unspecified atom stereocenters. The van der Waals surface area contributed by atoms with Gasteiger partial charge in [-0.1, -0.05) is 103 Å². The van der Waals surface area contributed by atoms with E-state index in [1.165, 1.54) is 16.3 Å². The van der Waals surface area contributed by atoms with Gasteiger partial charge in [-0.15, -0.1) is 0 Å². The lowest BCUT2D eigenvalue weighted by Crippen LogP contribution is -2.04. The summed E-state index contributed by atoms with van der Waals surface area (Å²) in [6.45, 7) is 5.91. The molecule has 0 fully saturated rings. The fourth-order valence-electron chi connectivity index (χ4n) is 6.25. The van der Waals surface area contributed by atoms with Crippen LogP contribution >= 0.6 is 0 Å². The lowest BCUT2D eigenvalue weighted by atomic mass is 10.0. The van der Waals surface area contributed by atoms with Crippen molar-refractivity contribution in [2.45, 2.75) is 13.6 Å². The van der Waals surface area contributed by atoms with Crippen LogP contribution in [0.3, 0.4) is 0 Å². The quantitative estimate of drug-likeness (QED) is 0.144. The molecule has 0 saturated heterocycles. The Morgan fingerprint density at radius 3 is 2.04 bits per heavy atom. The standard InChI is InChI=1S/C41H30N4O/c1-27(42-2)44-41(30-18-16-29(17-19-30)28-10-4-3-5-11-28)43-26-45-37-14-8-6-12-33(37)36-24-31(21-23-38(36)45)32-20-22-35-34-13-7-9-15-39(34)46-40(35)25-32/h3-25H,2,26H2,1H3.